The van der Waals surface area contributed by atoms with E-state index in [9.17, 15) is 9.59 Å². The van der Waals surface area contributed by atoms with Crippen molar-refractivity contribution in [1.82, 2.24) is 10.3 Å². The number of nitrogens with zero attached hydrogens (tertiary/aromatic N) is 1. The molecule has 0 aliphatic heterocycles. The van der Waals surface area contributed by atoms with Crippen LogP contribution in [0.1, 0.15) is 44.0 Å². The third-order valence-corrected chi connectivity index (χ3v) is 3.36. The van der Waals surface area contributed by atoms with Crippen molar-refractivity contribution < 1.29 is 14.7 Å². The Hall–Kier alpha value is -1.33. The van der Waals surface area contributed by atoms with E-state index in [1.807, 2.05) is 20.8 Å². The van der Waals surface area contributed by atoms with Crippen LogP contribution in [0.25, 0.3) is 0 Å². The van der Waals surface area contributed by atoms with Crippen LogP contribution in [0, 0.1) is 5.41 Å². The molecule has 0 aliphatic carbocycles. The summed E-state index contributed by atoms with van der Waals surface area (Å²) in [6.45, 7) is 5.94. The minimum Gasteiger partial charge on any atom is -0.481 e. The van der Waals surface area contributed by atoms with Crippen LogP contribution in [0.2, 0.25) is 10.2 Å². The highest BCUT2D eigenvalue weighted by molar-refractivity contribution is 6.41. The van der Waals surface area contributed by atoms with Crippen molar-refractivity contribution in [3.8, 4) is 0 Å². The Morgan fingerprint density at radius 1 is 1.38 bits per heavy atom. The second kappa shape index (κ2) is 7.09. The monoisotopic (exact) mass is 332 g/mol. The second-order valence-electron chi connectivity index (χ2n) is 6.03. The van der Waals surface area contributed by atoms with Crippen LogP contribution in [-0.2, 0) is 4.79 Å². The number of rotatable bonds is 5. The molecule has 5 nitrogen and oxygen atoms in total. The number of aliphatic carboxylic acids is 1. The highest BCUT2D eigenvalue weighted by Gasteiger charge is 2.23. The molecule has 1 heterocycles. The SMILES string of the molecule is CC(C)(C)CC(CC(=O)O)NC(=O)c1cnc(Cl)c(Cl)c1. The van der Waals surface area contributed by atoms with Crippen LogP contribution in [0.15, 0.2) is 12.3 Å². The molecule has 0 aliphatic rings. The van der Waals surface area contributed by atoms with Crippen molar-refractivity contribution in [3.05, 3.63) is 28.0 Å². The maximum atomic E-state index is 12.1. The molecule has 1 aromatic rings. The van der Waals surface area contributed by atoms with Crippen LogP contribution in [0.5, 0.6) is 0 Å². The van der Waals surface area contributed by atoms with E-state index in [4.69, 9.17) is 28.3 Å². The Kier molecular flexibility index (Phi) is 5.98. The van der Waals surface area contributed by atoms with Crippen LogP contribution < -0.4 is 5.32 Å². The molecular weight excluding hydrogens is 315 g/mol. The number of pyridine rings is 1. The van der Waals surface area contributed by atoms with Gasteiger partial charge in [-0.3, -0.25) is 9.59 Å². The number of aromatic nitrogens is 1. The number of amides is 1. The Bertz CT molecular complexity index is 542. The van der Waals surface area contributed by atoms with E-state index in [2.05, 4.69) is 10.3 Å². The van der Waals surface area contributed by atoms with Gasteiger partial charge in [0.25, 0.3) is 5.91 Å². The first-order valence-electron chi connectivity index (χ1n) is 6.42. The third-order valence-electron chi connectivity index (χ3n) is 2.67. The summed E-state index contributed by atoms with van der Waals surface area (Å²) in [7, 11) is 0. The first-order valence-corrected chi connectivity index (χ1v) is 7.18. The maximum absolute atomic E-state index is 12.1. The Morgan fingerprint density at radius 3 is 2.48 bits per heavy atom. The lowest BCUT2D eigenvalue weighted by Gasteiger charge is -2.25. The summed E-state index contributed by atoms with van der Waals surface area (Å²) >= 11 is 11.5. The Balaban J connectivity index is 2.83. The molecule has 1 amide bonds. The number of halogens is 2. The van der Waals surface area contributed by atoms with E-state index in [-0.39, 0.29) is 27.6 Å². The summed E-state index contributed by atoms with van der Waals surface area (Å²) in [5.41, 5.74) is 0.136. The molecule has 0 radical (unpaired) electrons. The number of carbonyl (C=O) groups excluding carboxylic acids is 1. The largest absolute Gasteiger partial charge is 0.481 e. The van der Waals surface area contributed by atoms with E-state index in [1.165, 1.54) is 12.3 Å². The second-order valence-corrected chi connectivity index (χ2v) is 6.79. The van der Waals surface area contributed by atoms with Crippen molar-refractivity contribution in [3.63, 3.8) is 0 Å². The molecule has 1 atom stereocenters. The number of nitrogens with one attached hydrogen (secondary N) is 1. The summed E-state index contributed by atoms with van der Waals surface area (Å²) in [4.78, 5) is 26.8. The van der Waals surface area contributed by atoms with Gasteiger partial charge in [0.15, 0.2) is 0 Å². The predicted octanol–water partition coefficient (Wildman–Crippen LogP) is 3.40. The molecule has 0 spiro atoms. The topological polar surface area (TPSA) is 79.3 Å². The number of hydrogen-bond donors (Lipinski definition) is 2. The number of carbonyl (C=O) groups is 2. The molecule has 0 bridgehead atoms. The van der Waals surface area contributed by atoms with Gasteiger partial charge in [-0.25, -0.2) is 4.98 Å². The first-order chi connectivity index (χ1) is 9.58. The molecule has 7 heteroatoms. The fourth-order valence-electron chi connectivity index (χ4n) is 1.94. The molecule has 21 heavy (non-hydrogen) atoms. The third kappa shape index (κ3) is 6.31. The van der Waals surface area contributed by atoms with Gasteiger partial charge in [0.2, 0.25) is 0 Å². The number of carboxylic acid groups (broad SMARTS) is 1. The van der Waals surface area contributed by atoms with Gasteiger partial charge in [0, 0.05) is 12.2 Å². The van der Waals surface area contributed by atoms with Gasteiger partial charge in [-0.2, -0.15) is 0 Å². The van der Waals surface area contributed by atoms with Gasteiger partial charge in [-0.05, 0) is 17.9 Å². The fraction of sp³-hybridized carbons (Fsp3) is 0.500. The van der Waals surface area contributed by atoms with E-state index in [0.717, 1.165) is 0 Å². The van der Waals surface area contributed by atoms with Gasteiger partial charge in [0.05, 0.1) is 17.0 Å². The fourth-order valence-corrected chi connectivity index (χ4v) is 2.21. The quantitative estimate of drug-likeness (QED) is 0.810. The van der Waals surface area contributed by atoms with Crippen LogP contribution in [0.3, 0.4) is 0 Å². The van der Waals surface area contributed by atoms with E-state index >= 15 is 0 Å². The minimum absolute atomic E-state index is 0.108. The summed E-state index contributed by atoms with van der Waals surface area (Å²) in [6.07, 6.45) is 1.70. The molecule has 1 unspecified atom stereocenters. The van der Waals surface area contributed by atoms with Gasteiger partial charge >= 0.3 is 5.97 Å². The molecule has 0 saturated heterocycles. The smallest absolute Gasteiger partial charge is 0.305 e. The Morgan fingerprint density at radius 2 is 2.00 bits per heavy atom. The van der Waals surface area contributed by atoms with Crippen molar-refractivity contribution >= 4 is 35.1 Å². The van der Waals surface area contributed by atoms with Gasteiger partial charge in [-0.1, -0.05) is 44.0 Å². The van der Waals surface area contributed by atoms with Gasteiger partial charge < -0.3 is 10.4 Å². The zero-order valence-electron chi connectivity index (χ0n) is 12.1. The highest BCUT2D eigenvalue weighted by atomic mass is 35.5. The lowest BCUT2D eigenvalue weighted by molar-refractivity contribution is -0.137. The lowest BCUT2D eigenvalue weighted by atomic mass is 9.87. The van der Waals surface area contributed by atoms with Crippen LogP contribution >= 0.6 is 23.2 Å². The molecule has 2 N–H and O–H groups in total. The van der Waals surface area contributed by atoms with Crippen LogP contribution in [-0.4, -0.2) is 28.0 Å². The molecule has 1 rings (SSSR count). The van der Waals surface area contributed by atoms with Gasteiger partial charge in [0.1, 0.15) is 5.15 Å². The summed E-state index contributed by atoms with van der Waals surface area (Å²) in [5.74, 6) is -1.38. The van der Waals surface area contributed by atoms with Gasteiger partial charge in [-0.15, -0.1) is 0 Å². The minimum atomic E-state index is -0.961. The van der Waals surface area contributed by atoms with E-state index in [1.54, 1.807) is 0 Å². The maximum Gasteiger partial charge on any atom is 0.305 e. The molecule has 1 aromatic heterocycles. The van der Waals surface area contributed by atoms with Crippen molar-refractivity contribution in [1.29, 1.82) is 0 Å². The summed E-state index contributed by atoms with van der Waals surface area (Å²) in [5, 5.41) is 11.9. The van der Waals surface area contributed by atoms with Crippen molar-refractivity contribution in [2.75, 3.05) is 0 Å². The molecule has 0 saturated carbocycles. The number of hydrogen-bond acceptors (Lipinski definition) is 3. The lowest BCUT2D eigenvalue weighted by Crippen LogP contribution is -2.39. The van der Waals surface area contributed by atoms with Crippen LogP contribution in [0.4, 0.5) is 0 Å². The Labute approximate surface area is 133 Å². The standard InChI is InChI=1S/C14H18Cl2N2O3/c1-14(2,3)6-9(5-11(19)20)18-13(21)8-4-10(15)12(16)17-7-8/h4,7,9H,5-6H2,1-3H3,(H,18,21)(H,19,20). The number of carboxylic acids is 1. The average Bonchev–Trinajstić information content (AvgIpc) is 2.29. The normalized spacial score (nSPS) is 12.8. The summed E-state index contributed by atoms with van der Waals surface area (Å²) < 4.78 is 0. The van der Waals surface area contributed by atoms with Crippen molar-refractivity contribution in [2.24, 2.45) is 5.41 Å². The predicted molar refractivity (Wildman–Crippen MR) is 81.8 cm³/mol. The summed E-state index contributed by atoms with van der Waals surface area (Å²) in [6, 6.07) is 0.936. The zero-order valence-corrected chi connectivity index (χ0v) is 13.6. The van der Waals surface area contributed by atoms with E-state index < -0.39 is 17.9 Å². The molecular formula is C14H18Cl2N2O3. The molecule has 0 fully saturated rings. The zero-order chi connectivity index (χ0) is 16.2. The van der Waals surface area contributed by atoms with Crippen molar-refractivity contribution in [2.45, 2.75) is 39.7 Å². The first kappa shape index (κ1) is 17.7. The highest BCUT2D eigenvalue weighted by Crippen LogP contribution is 2.23. The average molecular weight is 333 g/mol. The molecule has 0 aromatic carbocycles. The molecule has 116 valence electrons. The van der Waals surface area contributed by atoms with E-state index in [0.29, 0.717) is 6.42 Å².